The SMILES string of the molecule is CCONC(=O)C1CC(=O)N(c2cc(C)ccc2OC)C1. The minimum atomic E-state index is -0.408. The molecule has 2 amide bonds. The van der Waals surface area contributed by atoms with E-state index < -0.39 is 5.92 Å². The fourth-order valence-corrected chi connectivity index (χ4v) is 2.35. The van der Waals surface area contributed by atoms with Crippen LogP contribution in [0.1, 0.15) is 18.9 Å². The van der Waals surface area contributed by atoms with Crippen molar-refractivity contribution in [1.29, 1.82) is 0 Å². The van der Waals surface area contributed by atoms with Gasteiger partial charge in [0.25, 0.3) is 0 Å². The van der Waals surface area contributed by atoms with Crippen LogP contribution < -0.4 is 15.1 Å². The topological polar surface area (TPSA) is 67.9 Å². The molecule has 0 radical (unpaired) electrons. The molecule has 1 atom stereocenters. The molecule has 0 bridgehead atoms. The number of amides is 2. The van der Waals surface area contributed by atoms with Crippen LogP contribution in [0, 0.1) is 12.8 Å². The Morgan fingerprint density at radius 3 is 2.90 bits per heavy atom. The fourth-order valence-electron chi connectivity index (χ4n) is 2.35. The van der Waals surface area contributed by atoms with E-state index in [4.69, 9.17) is 9.57 Å². The smallest absolute Gasteiger partial charge is 0.248 e. The Morgan fingerprint density at radius 1 is 1.48 bits per heavy atom. The first-order valence-electron chi connectivity index (χ1n) is 6.93. The highest BCUT2D eigenvalue weighted by Crippen LogP contribution is 2.33. The molecule has 6 heteroatoms. The molecule has 21 heavy (non-hydrogen) atoms. The van der Waals surface area contributed by atoms with E-state index in [1.54, 1.807) is 18.9 Å². The van der Waals surface area contributed by atoms with Crippen LogP contribution >= 0.6 is 0 Å². The zero-order valence-corrected chi connectivity index (χ0v) is 12.5. The van der Waals surface area contributed by atoms with Gasteiger partial charge >= 0.3 is 0 Å². The molecule has 0 saturated carbocycles. The van der Waals surface area contributed by atoms with Gasteiger partial charge in [0, 0.05) is 13.0 Å². The molecule has 1 aliphatic heterocycles. The molecule has 0 aromatic heterocycles. The number of ether oxygens (including phenoxy) is 1. The molecule has 1 aromatic rings. The van der Waals surface area contributed by atoms with Gasteiger partial charge in [-0.05, 0) is 31.5 Å². The molecule has 1 unspecified atom stereocenters. The molecular formula is C15H20N2O4. The Labute approximate surface area is 124 Å². The Morgan fingerprint density at radius 2 is 2.24 bits per heavy atom. The third-order valence-corrected chi connectivity index (χ3v) is 3.44. The number of aryl methyl sites for hydroxylation is 1. The van der Waals surface area contributed by atoms with Gasteiger partial charge in [-0.3, -0.25) is 14.4 Å². The van der Waals surface area contributed by atoms with Crippen LogP contribution in [-0.4, -0.2) is 32.1 Å². The number of hydrogen-bond donors (Lipinski definition) is 1. The highest BCUT2D eigenvalue weighted by molar-refractivity contribution is 6.01. The number of nitrogens with zero attached hydrogens (tertiary/aromatic N) is 1. The normalized spacial score (nSPS) is 18.0. The summed E-state index contributed by atoms with van der Waals surface area (Å²) in [6.45, 7) is 4.45. The highest BCUT2D eigenvalue weighted by Gasteiger charge is 2.36. The summed E-state index contributed by atoms with van der Waals surface area (Å²) < 4.78 is 5.30. The van der Waals surface area contributed by atoms with Gasteiger partial charge in [-0.1, -0.05) is 6.07 Å². The van der Waals surface area contributed by atoms with Crippen LogP contribution in [0.15, 0.2) is 18.2 Å². The van der Waals surface area contributed by atoms with E-state index in [-0.39, 0.29) is 18.2 Å². The van der Waals surface area contributed by atoms with Gasteiger partial charge in [-0.2, -0.15) is 0 Å². The molecule has 1 heterocycles. The Bertz CT molecular complexity index is 544. The van der Waals surface area contributed by atoms with Crippen molar-refractivity contribution in [2.75, 3.05) is 25.2 Å². The maximum atomic E-state index is 12.2. The van der Waals surface area contributed by atoms with E-state index in [9.17, 15) is 9.59 Å². The molecular weight excluding hydrogens is 272 g/mol. The summed E-state index contributed by atoms with van der Waals surface area (Å²) in [5, 5.41) is 0. The van der Waals surface area contributed by atoms with Gasteiger partial charge in [-0.15, -0.1) is 0 Å². The first kappa shape index (κ1) is 15.3. The number of carbonyl (C=O) groups excluding carboxylic acids is 2. The maximum absolute atomic E-state index is 12.2. The second-order valence-corrected chi connectivity index (χ2v) is 4.98. The Kier molecular flexibility index (Phi) is 4.80. The molecule has 1 aromatic carbocycles. The van der Waals surface area contributed by atoms with Crippen molar-refractivity contribution < 1.29 is 19.2 Å². The van der Waals surface area contributed by atoms with Crippen molar-refractivity contribution in [3.63, 3.8) is 0 Å². The third kappa shape index (κ3) is 3.33. The molecule has 0 spiro atoms. The first-order chi connectivity index (χ1) is 10.1. The van der Waals surface area contributed by atoms with Crippen molar-refractivity contribution in [3.8, 4) is 5.75 Å². The van der Waals surface area contributed by atoms with E-state index in [2.05, 4.69) is 5.48 Å². The largest absolute Gasteiger partial charge is 0.495 e. The fraction of sp³-hybridized carbons (Fsp3) is 0.467. The number of methoxy groups -OCH3 is 1. The molecule has 1 aliphatic rings. The van der Waals surface area contributed by atoms with Crippen LogP contribution in [0.25, 0.3) is 0 Å². The van der Waals surface area contributed by atoms with Crippen LogP contribution in [0.4, 0.5) is 5.69 Å². The molecule has 1 N–H and O–H groups in total. The molecule has 2 rings (SSSR count). The van der Waals surface area contributed by atoms with Gasteiger partial charge in [0.2, 0.25) is 11.8 Å². The highest BCUT2D eigenvalue weighted by atomic mass is 16.6. The van der Waals surface area contributed by atoms with Crippen molar-refractivity contribution in [2.45, 2.75) is 20.3 Å². The lowest BCUT2D eigenvalue weighted by molar-refractivity contribution is -0.137. The monoisotopic (exact) mass is 292 g/mol. The van der Waals surface area contributed by atoms with Crippen molar-refractivity contribution in [2.24, 2.45) is 5.92 Å². The molecule has 0 aliphatic carbocycles. The second kappa shape index (κ2) is 6.58. The summed E-state index contributed by atoms with van der Waals surface area (Å²) in [5.41, 5.74) is 4.09. The van der Waals surface area contributed by atoms with Gasteiger partial charge in [-0.25, -0.2) is 5.48 Å². The molecule has 114 valence electrons. The van der Waals surface area contributed by atoms with E-state index in [1.165, 1.54) is 0 Å². The molecule has 1 fully saturated rings. The zero-order chi connectivity index (χ0) is 15.4. The summed E-state index contributed by atoms with van der Waals surface area (Å²) in [4.78, 5) is 30.6. The standard InChI is InChI=1S/C15H20N2O4/c1-4-21-16-15(19)11-8-14(18)17(9-11)12-7-10(2)5-6-13(12)20-3/h5-7,11H,4,8-9H2,1-3H3,(H,16,19). The zero-order valence-electron chi connectivity index (χ0n) is 12.5. The average molecular weight is 292 g/mol. The Hall–Kier alpha value is -2.08. The quantitative estimate of drug-likeness (QED) is 0.834. The summed E-state index contributed by atoms with van der Waals surface area (Å²) in [6, 6.07) is 5.63. The van der Waals surface area contributed by atoms with Crippen LogP contribution in [-0.2, 0) is 14.4 Å². The summed E-state index contributed by atoms with van der Waals surface area (Å²) in [6.07, 6.45) is 0.177. The first-order valence-corrected chi connectivity index (χ1v) is 6.93. The average Bonchev–Trinajstić information content (AvgIpc) is 2.86. The number of nitrogens with one attached hydrogen (secondary N) is 1. The van der Waals surface area contributed by atoms with Gasteiger partial charge < -0.3 is 9.64 Å². The summed E-state index contributed by atoms with van der Waals surface area (Å²) >= 11 is 0. The maximum Gasteiger partial charge on any atom is 0.248 e. The molecule has 6 nitrogen and oxygen atoms in total. The molecule has 1 saturated heterocycles. The van der Waals surface area contributed by atoms with E-state index in [1.807, 2.05) is 25.1 Å². The van der Waals surface area contributed by atoms with Crippen LogP contribution in [0.5, 0.6) is 5.75 Å². The third-order valence-electron chi connectivity index (χ3n) is 3.44. The van der Waals surface area contributed by atoms with E-state index >= 15 is 0 Å². The Balaban J connectivity index is 2.17. The van der Waals surface area contributed by atoms with Crippen molar-refractivity contribution >= 4 is 17.5 Å². The lowest BCUT2D eigenvalue weighted by Gasteiger charge is -2.20. The van der Waals surface area contributed by atoms with E-state index in [0.29, 0.717) is 24.6 Å². The lowest BCUT2D eigenvalue weighted by Crippen LogP contribution is -2.33. The summed E-state index contributed by atoms with van der Waals surface area (Å²) in [7, 11) is 1.56. The number of hydrogen-bond acceptors (Lipinski definition) is 4. The van der Waals surface area contributed by atoms with Crippen LogP contribution in [0.2, 0.25) is 0 Å². The van der Waals surface area contributed by atoms with Crippen LogP contribution in [0.3, 0.4) is 0 Å². The lowest BCUT2D eigenvalue weighted by atomic mass is 10.1. The number of rotatable bonds is 5. The summed E-state index contributed by atoms with van der Waals surface area (Å²) in [5.74, 6) is -0.135. The van der Waals surface area contributed by atoms with Gasteiger partial charge in [0.1, 0.15) is 5.75 Å². The number of carbonyl (C=O) groups is 2. The van der Waals surface area contributed by atoms with E-state index in [0.717, 1.165) is 5.56 Å². The minimum absolute atomic E-state index is 0.0875. The second-order valence-electron chi connectivity index (χ2n) is 4.98. The predicted octanol–water partition coefficient (Wildman–Crippen LogP) is 1.42. The minimum Gasteiger partial charge on any atom is -0.495 e. The number of benzene rings is 1. The van der Waals surface area contributed by atoms with Gasteiger partial charge in [0.15, 0.2) is 0 Å². The number of hydroxylamine groups is 1. The van der Waals surface area contributed by atoms with Gasteiger partial charge in [0.05, 0.1) is 25.3 Å². The predicted molar refractivity (Wildman–Crippen MR) is 78.0 cm³/mol. The van der Waals surface area contributed by atoms with Crippen molar-refractivity contribution in [1.82, 2.24) is 5.48 Å². The van der Waals surface area contributed by atoms with Crippen molar-refractivity contribution in [3.05, 3.63) is 23.8 Å². The number of anilines is 1.